The lowest BCUT2D eigenvalue weighted by atomic mass is 9.82. The fourth-order valence-electron chi connectivity index (χ4n) is 4.45. The zero-order valence-electron chi connectivity index (χ0n) is 19.2. The average Bonchev–Trinajstić information content (AvgIpc) is 3.30. The second kappa shape index (κ2) is 11.3. The van der Waals surface area contributed by atoms with Crippen LogP contribution in [-0.4, -0.2) is 17.6 Å². The van der Waals surface area contributed by atoms with Crippen LogP contribution in [0.2, 0.25) is 0 Å². The molecule has 1 heterocycles. The Kier molecular flexibility index (Phi) is 8.13. The Morgan fingerprint density at radius 3 is 2.34 bits per heavy atom. The predicted octanol–water partition coefficient (Wildman–Crippen LogP) is 6.99. The van der Waals surface area contributed by atoms with Crippen molar-refractivity contribution in [2.75, 3.05) is 6.54 Å². The lowest BCUT2D eigenvalue weighted by Crippen LogP contribution is -2.28. The Balaban J connectivity index is 1.28. The number of carbonyl (C=O) groups is 1. The molecule has 1 saturated carbocycles. The summed E-state index contributed by atoms with van der Waals surface area (Å²) < 4.78 is 46.5. The number of aliphatic carboxylic acids is 1. The van der Waals surface area contributed by atoms with Crippen LogP contribution in [0.15, 0.2) is 60.7 Å². The van der Waals surface area contributed by atoms with Gasteiger partial charge in [-0.2, -0.15) is 13.2 Å². The molecule has 3 aromatic rings. The number of rotatable bonds is 9. The van der Waals surface area contributed by atoms with E-state index in [-0.39, 0.29) is 18.1 Å². The van der Waals surface area contributed by atoms with Crippen molar-refractivity contribution < 1.29 is 27.8 Å². The summed E-state index contributed by atoms with van der Waals surface area (Å²) in [5, 5.41) is 12.5. The van der Waals surface area contributed by atoms with E-state index in [1.807, 2.05) is 24.3 Å². The Labute approximate surface area is 206 Å². The first-order valence-corrected chi connectivity index (χ1v) is 12.5. The first kappa shape index (κ1) is 25.3. The van der Waals surface area contributed by atoms with Crippen molar-refractivity contribution in [1.82, 2.24) is 5.32 Å². The number of thiophene rings is 1. The van der Waals surface area contributed by atoms with E-state index in [4.69, 9.17) is 9.84 Å². The van der Waals surface area contributed by atoms with E-state index >= 15 is 0 Å². The van der Waals surface area contributed by atoms with Crippen LogP contribution in [0.3, 0.4) is 0 Å². The maximum Gasteiger partial charge on any atom is 0.426 e. The molecule has 0 spiro atoms. The van der Waals surface area contributed by atoms with Crippen molar-refractivity contribution in [3.8, 4) is 16.9 Å². The minimum atomic E-state index is -4.42. The fraction of sp³-hybridized carbons (Fsp3) is 0.370. The van der Waals surface area contributed by atoms with Gasteiger partial charge in [-0.05, 0) is 67.5 Å². The van der Waals surface area contributed by atoms with Crippen molar-refractivity contribution in [3.05, 3.63) is 76.0 Å². The number of benzene rings is 2. The topological polar surface area (TPSA) is 58.6 Å². The molecular weight excluding hydrogens is 475 g/mol. The molecule has 0 unspecified atom stereocenters. The van der Waals surface area contributed by atoms with Crippen LogP contribution in [-0.2, 0) is 24.1 Å². The molecule has 1 fully saturated rings. The molecule has 8 heteroatoms. The highest BCUT2D eigenvalue weighted by Crippen LogP contribution is 2.43. The summed E-state index contributed by atoms with van der Waals surface area (Å²) in [6.07, 6.45) is -1.06. The maximum absolute atomic E-state index is 13.6. The summed E-state index contributed by atoms with van der Waals surface area (Å²) in [4.78, 5) is 11.0. The lowest BCUT2D eigenvalue weighted by Gasteiger charge is -2.26. The largest absolute Gasteiger partial charge is 0.488 e. The summed E-state index contributed by atoms with van der Waals surface area (Å²) >= 11 is 0.717. The third-order valence-electron chi connectivity index (χ3n) is 6.39. The highest BCUT2D eigenvalue weighted by atomic mass is 32.1. The minimum absolute atomic E-state index is 0.0667. The first-order valence-electron chi connectivity index (χ1n) is 11.7. The van der Waals surface area contributed by atoms with Gasteiger partial charge in [-0.3, -0.25) is 4.79 Å². The summed E-state index contributed by atoms with van der Waals surface area (Å²) in [6.45, 7) is 1.62. The Morgan fingerprint density at radius 2 is 1.71 bits per heavy atom. The Hall–Kier alpha value is -2.84. The molecule has 2 N–H and O–H groups in total. The number of hydrogen-bond acceptors (Lipinski definition) is 4. The lowest BCUT2D eigenvalue weighted by molar-refractivity contribution is -0.143. The van der Waals surface area contributed by atoms with Gasteiger partial charge in [0.1, 0.15) is 17.2 Å². The number of halogens is 3. The second-order valence-electron chi connectivity index (χ2n) is 8.94. The Bertz CT molecular complexity index is 1100. The number of nitrogens with one attached hydrogen (secondary N) is 1. The van der Waals surface area contributed by atoms with Crippen LogP contribution in [0, 0.1) is 11.8 Å². The van der Waals surface area contributed by atoms with E-state index in [1.165, 1.54) is 0 Å². The van der Waals surface area contributed by atoms with Gasteiger partial charge in [0.05, 0.1) is 5.92 Å². The first-order chi connectivity index (χ1) is 16.8. The van der Waals surface area contributed by atoms with E-state index in [2.05, 4.69) is 5.32 Å². The van der Waals surface area contributed by atoms with Crippen molar-refractivity contribution in [2.45, 2.75) is 45.0 Å². The van der Waals surface area contributed by atoms with Crippen LogP contribution in [0.4, 0.5) is 13.2 Å². The van der Waals surface area contributed by atoms with Crippen molar-refractivity contribution in [3.63, 3.8) is 0 Å². The molecule has 0 radical (unpaired) electrons. The SMILES string of the molecule is O=C(O)[C@H]1CC[C@H](CNCc2ccc(OCc3cc(-c4ccccc4)c(C(F)(F)F)s3)cc2)CC1. The van der Waals surface area contributed by atoms with Crippen molar-refractivity contribution in [1.29, 1.82) is 0 Å². The number of alkyl halides is 3. The molecule has 0 atom stereocenters. The molecule has 2 aromatic carbocycles. The summed E-state index contributed by atoms with van der Waals surface area (Å²) in [5.74, 6) is 0.221. The van der Waals surface area contributed by atoms with E-state index in [9.17, 15) is 18.0 Å². The maximum atomic E-state index is 13.6. The highest BCUT2D eigenvalue weighted by molar-refractivity contribution is 7.12. The van der Waals surface area contributed by atoms with Crippen LogP contribution < -0.4 is 10.1 Å². The molecule has 1 aromatic heterocycles. The number of hydrogen-bond donors (Lipinski definition) is 2. The van der Waals surface area contributed by atoms with E-state index in [1.54, 1.807) is 36.4 Å². The van der Waals surface area contributed by atoms with Gasteiger partial charge in [-0.1, -0.05) is 42.5 Å². The van der Waals surface area contributed by atoms with Gasteiger partial charge >= 0.3 is 12.1 Å². The second-order valence-corrected chi connectivity index (χ2v) is 10.1. The third-order valence-corrected chi connectivity index (χ3v) is 7.54. The summed E-state index contributed by atoms with van der Waals surface area (Å²) in [7, 11) is 0. The Morgan fingerprint density at radius 1 is 1.03 bits per heavy atom. The molecular formula is C27H28F3NO3S. The van der Waals surface area contributed by atoms with Crippen molar-refractivity contribution >= 4 is 17.3 Å². The molecule has 35 heavy (non-hydrogen) atoms. The fourth-order valence-corrected chi connectivity index (χ4v) is 5.41. The van der Waals surface area contributed by atoms with Crippen molar-refractivity contribution in [2.24, 2.45) is 11.8 Å². The van der Waals surface area contributed by atoms with Gasteiger partial charge in [0.2, 0.25) is 0 Å². The predicted molar refractivity (Wildman–Crippen MR) is 130 cm³/mol. The molecule has 0 amide bonds. The van der Waals surface area contributed by atoms with Gasteiger partial charge in [-0.15, -0.1) is 11.3 Å². The van der Waals surface area contributed by atoms with Crippen LogP contribution >= 0.6 is 11.3 Å². The standard InChI is InChI=1S/C27H28F3NO3S/c28-27(29,30)25-24(20-4-2-1-3-5-20)14-23(35-25)17-34-22-12-8-19(9-13-22)16-31-15-18-6-10-21(11-7-18)26(32)33/h1-5,8-9,12-14,18,21,31H,6-7,10-11,15-17H2,(H,32,33)/t18-,21-. The van der Waals surface area contributed by atoms with Gasteiger partial charge in [-0.25, -0.2) is 0 Å². The third kappa shape index (κ3) is 6.86. The van der Waals surface area contributed by atoms with Crippen LogP contribution in [0.1, 0.15) is 41.0 Å². The van der Waals surface area contributed by atoms with Gasteiger partial charge < -0.3 is 15.2 Å². The molecule has 0 aliphatic heterocycles. The number of carboxylic acids is 1. The molecule has 1 aliphatic rings. The van der Waals surface area contributed by atoms with E-state index < -0.39 is 17.0 Å². The van der Waals surface area contributed by atoms with Crippen LogP contribution in [0.25, 0.3) is 11.1 Å². The molecule has 4 nitrogen and oxygen atoms in total. The highest BCUT2D eigenvalue weighted by Gasteiger charge is 2.36. The number of ether oxygens (including phenoxy) is 1. The monoisotopic (exact) mass is 503 g/mol. The normalized spacial score (nSPS) is 18.4. The van der Waals surface area contributed by atoms with Gasteiger partial charge in [0.25, 0.3) is 0 Å². The van der Waals surface area contributed by atoms with E-state index in [0.29, 0.717) is 28.7 Å². The molecule has 4 rings (SSSR count). The smallest absolute Gasteiger partial charge is 0.426 e. The summed E-state index contributed by atoms with van der Waals surface area (Å²) in [5.41, 5.74) is 1.80. The van der Waals surface area contributed by atoms with Gasteiger partial charge in [0, 0.05) is 17.0 Å². The zero-order chi connectivity index (χ0) is 24.8. The zero-order valence-corrected chi connectivity index (χ0v) is 20.0. The quantitative estimate of drug-likeness (QED) is 0.330. The van der Waals surface area contributed by atoms with Gasteiger partial charge in [0.15, 0.2) is 0 Å². The minimum Gasteiger partial charge on any atom is -0.488 e. The molecule has 0 bridgehead atoms. The average molecular weight is 504 g/mol. The number of carboxylic acid groups (broad SMARTS) is 1. The molecule has 0 saturated heterocycles. The van der Waals surface area contributed by atoms with Crippen LogP contribution in [0.5, 0.6) is 5.75 Å². The molecule has 1 aliphatic carbocycles. The molecule has 186 valence electrons. The summed E-state index contributed by atoms with van der Waals surface area (Å²) in [6, 6.07) is 17.7. The van der Waals surface area contributed by atoms with E-state index in [0.717, 1.165) is 49.1 Å².